The van der Waals surface area contributed by atoms with E-state index in [-0.39, 0.29) is 0 Å². The van der Waals surface area contributed by atoms with Crippen molar-refractivity contribution in [2.24, 2.45) is 12.2 Å². The first-order chi connectivity index (χ1) is 9.09. The molecule has 0 unspecified atom stereocenters. The molecule has 2 rings (SSSR count). The number of benzene rings is 1. The van der Waals surface area contributed by atoms with Gasteiger partial charge in [0.15, 0.2) is 0 Å². The predicted octanol–water partition coefficient (Wildman–Crippen LogP) is 2.57. The summed E-state index contributed by atoms with van der Waals surface area (Å²) in [5.74, 6) is -0.519. The third-order valence-corrected chi connectivity index (χ3v) is 2.97. The molecule has 0 saturated carbocycles. The quantitative estimate of drug-likeness (QED) is 0.492. The van der Waals surface area contributed by atoms with Gasteiger partial charge in [-0.15, -0.1) is 0 Å². The molecular formula is C13H12ClN3O2. The van der Waals surface area contributed by atoms with E-state index >= 15 is 0 Å². The molecule has 2 aromatic rings. The molecule has 19 heavy (non-hydrogen) atoms. The molecule has 0 aliphatic heterocycles. The van der Waals surface area contributed by atoms with Crippen LogP contribution in [0.2, 0.25) is 5.15 Å². The van der Waals surface area contributed by atoms with Crippen LogP contribution >= 0.6 is 11.6 Å². The minimum atomic E-state index is -0.519. The van der Waals surface area contributed by atoms with Gasteiger partial charge in [0.2, 0.25) is 0 Å². The lowest BCUT2D eigenvalue weighted by Crippen LogP contribution is -2.00. The highest BCUT2D eigenvalue weighted by atomic mass is 35.5. The highest BCUT2D eigenvalue weighted by Gasteiger charge is 2.09. The standard InChI is InChI=1S/C13H12ClN3O2/c1-9-11(12(14)17(2)16-9)8-15-19-13(18)10-6-4-3-5-7-10/h3-8H,1-2H3/b15-8+. The topological polar surface area (TPSA) is 56.5 Å². The number of halogens is 1. The predicted molar refractivity (Wildman–Crippen MR) is 72.4 cm³/mol. The van der Waals surface area contributed by atoms with E-state index < -0.39 is 5.97 Å². The fourth-order valence-corrected chi connectivity index (χ4v) is 1.77. The molecule has 1 aromatic heterocycles. The van der Waals surface area contributed by atoms with Gasteiger partial charge in [0, 0.05) is 7.05 Å². The van der Waals surface area contributed by atoms with Crippen LogP contribution in [0.3, 0.4) is 0 Å². The summed E-state index contributed by atoms with van der Waals surface area (Å²) in [7, 11) is 1.72. The zero-order valence-corrected chi connectivity index (χ0v) is 11.3. The largest absolute Gasteiger partial charge is 0.365 e. The number of nitrogens with zero attached hydrogens (tertiary/aromatic N) is 3. The SMILES string of the molecule is Cc1nn(C)c(Cl)c1/C=N/OC(=O)c1ccccc1. The van der Waals surface area contributed by atoms with Crippen LogP contribution < -0.4 is 0 Å². The summed E-state index contributed by atoms with van der Waals surface area (Å²) in [6, 6.07) is 8.63. The number of hydrogen-bond acceptors (Lipinski definition) is 4. The van der Waals surface area contributed by atoms with Gasteiger partial charge in [-0.1, -0.05) is 35.0 Å². The molecule has 0 bridgehead atoms. The Balaban J connectivity index is 2.07. The molecule has 1 heterocycles. The lowest BCUT2D eigenvalue weighted by Gasteiger charge is -1.96. The Bertz CT molecular complexity index is 620. The maximum atomic E-state index is 11.6. The van der Waals surface area contributed by atoms with Gasteiger partial charge < -0.3 is 4.84 Å². The van der Waals surface area contributed by atoms with Crippen molar-refractivity contribution < 1.29 is 9.63 Å². The molecule has 0 aliphatic carbocycles. The Labute approximate surface area is 115 Å². The molecule has 0 radical (unpaired) electrons. The molecule has 0 aliphatic rings. The minimum absolute atomic E-state index is 0.439. The Morgan fingerprint density at radius 3 is 2.68 bits per heavy atom. The molecule has 0 spiro atoms. The van der Waals surface area contributed by atoms with Gasteiger partial charge in [-0.05, 0) is 19.1 Å². The van der Waals surface area contributed by atoms with E-state index in [1.54, 1.807) is 38.2 Å². The van der Waals surface area contributed by atoms with Crippen LogP contribution in [-0.4, -0.2) is 22.0 Å². The summed E-state index contributed by atoms with van der Waals surface area (Å²) < 4.78 is 1.53. The molecule has 0 N–H and O–H groups in total. The van der Waals surface area contributed by atoms with Gasteiger partial charge in [-0.25, -0.2) is 4.79 Å². The van der Waals surface area contributed by atoms with Crippen molar-refractivity contribution in [3.05, 3.63) is 52.3 Å². The molecule has 98 valence electrons. The van der Waals surface area contributed by atoms with Gasteiger partial charge in [0.1, 0.15) is 5.15 Å². The molecular weight excluding hydrogens is 266 g/mol. The van der Waals surface area contributed by atoms with Crippen LogP contribution in [0.25, 0.3) is 0 Å². The van der Waals surface area contributed by atoms with Crippen molar-refractivity contribution in [2.75, 3.05) is 0 Å². The summed E-state index contributed by atoms with van der Waals surface area (Å²) in [6.45, 7) is 1.80. The number of carbonyl (C=O) groups is 1. The van der Waals surface area contributed by atoms with E-state index in [9.17, 15) is 4.79 Å². The van der Waals surface area contributed by atoms with Gasteiger partial charge in [-0.3, -0.25) is 4.68 Å². The summed E-state index contributed by atoms with van der Waals surface area (Å²) in [5.41, 5.74) is 1.78. The third kappa shape index (κ3) is 3.00. The van der Waals surface area contributed by atoms with E-state index in [1.807, 2.05) is 6.07 Å². The van der Waals surface area contributed by atoms with E-state index in [0.29, 0.717) is 22.0 Å². The summed E-state index contributed by atoms with van der Waals surface area (Å²) in [4.78, 5) is 16.4. The summed E-state index contributed by atoms with van der Waals surface area (Å²) in [5, 5.41) is 8.20. The number of oxime groups is 1. The van der Waals surface area contributed by atoms with Gasteiger partial charge >= 0.3 is 5.97 Å². The minimum Gasteiger partial charge on any atom is -0.313 e. The monoisotopic (exact) mass is 277 g/mol. The van der Waals surface area contributed by atoms with Gasteiger partial charge in [0.25, 0.3) is 0 Å². The smallest absolute Gasteiger partial charge is 0.313 e. The zero-order chi connectivity index (χ0) is 13.8. The van der Waals surface area contributed by atoms with Crippen LogP contribution in [0.15, 0.2) is 35.5 Å². The molecule has 1 aromatic carbocycles. The van der Waals surface area contributed by atoms with Gasteiger partial charge in [-0.2, -0.15) is 5.10 Å². The maximum Gasteiger partial charge on any atom is 0.365 e. The lowest BCUT2D eigenvalue weighted by atomic mass is 10.2. The first kappa shape index (κ1) is 13.3. The Morgan fingerprint density at radius 1 is 1.42 bits per heavy atom. The first-order valence-corrected chi connectivity index (χ1v) is 5.96. The molecule has 0 saturated heterocycles. The second kappa shape index (κ2) is 5.67. The fourth-order valence-electron chi connectivity index (χ4n) is 1.55. The summed E-state index contributed by atoms with van der Waals surface area (Å²) in [6.07, 6.45) is 1.38. The first-order valence-electron chi connectivity index (χ1n) is 5.58. The highest BCUT2D eigenvalue weighted by molar-refractivity contribution is 6.32. The van der Waals surface area contributed by atoms with Crippen molar-refractivity contribution in [1.29, 1.82) is 0 Å². The average Bonchev–Trinajstić information content (AvgIpc) is 2.66. The van der Waals surface area contributed by atoms with Crippen molar-refractivity contribution in [3.63, 3.8) is 0 Å². The van der Waals surface area contributed by atoms with Crippen LogP contribution in [0, 0.1) is 6.92 Å². The Morgan fingerprint density at radius 2 is 2.11 bits per heavy atom. The number of hydrogen-bond donors (Lipinski definition) is 0. The third-order valence-electron chi connectivity index (χ3n) is 2.52. The van der Waals surface area contributed by atoms with Crippen LogP contribution in [-0.2, 0) is 11.9 Å². The van der Waals surface area contributed by atoms with Crippen molar-refractivity contribution in [1.82, 2.24) is 9.78 Å². The fraction of sp³-hybridized carbons (Fsp3) is 0.154. The number of aromatic nitrogens is 2. The zero-order valence-electron chi connectivity index (χ0n) is 10.5. The molecule has 0 fully saturated rings. The van der Waals surface area contributed by atoms with E-state index in [1.165, 1.54) is 10.9 Å². The molecule has 6 heteroatoms. The number of rotatable bonds is 3. The average molecular weight is 278 g/mol. The number of carbonyl (C=O) groups excluding carboxylic acids is 1. The van der Waals surface area contributed by atoms with Crippen molar-refractivity contribution >= 4 is 23.8 Å². The lowest BCUT2D eigenvalue weighted by molar-refractivity contribution is 0.0519. The molecule has 0 amide bonds. The second-order valence-electron chi connectivity index (χ2n) is 3.89. The van der Waals surface area contributed by atoms with E-state index in [4.69, 9.17) is 16.4 Å². The second-order valence-corrected chi connectivity index (χ2v) is 4.25. The van der Waals surface area contributed by atoms with Crippen molar-refractivity contribution in [3.8, 4) is 0 Å². The molecule has 0 atom stereocenters. The van der Waals surface area contributed by atoms with Crippen molar-refractivity contribution in [2.45, 2.75) is 6.92 Å². The maximum absolute atomic E-state index is 11.6. The number of aryl methyl sites for hydroxylation is 2. The normalized spacial score (nSPS) is 10.9. The van der Waals surface area contributed by atoms with Crippen LogP contribution in [0.1, 0.15) is 21.6 Å². The van der Waals surface area contributed by atoms with Crippen LogP contribution in [0.4, 0.5) is 0 Å². The summed E-state index contributed by atoms with van der Waals surface area (Å²) >= 11 is 6.02. The Kier molecular flexibility index (Phi) is 3.97. The highest BCUT2D eigenvalue weighted by Crippen LogP contribution is 2.16. The Hall–Kier alpha value is -2.14. The van der Waals surface area contributed by atoms with E-state index in [2.05, 4.69) is 10.3 Å². The van der Waals surface area contributed by atoms with E-state index in [0.717, 1.165) is 0 Å². The van der Waals surface area contributed by atoms with Crippen LogP contribution in [0.5, 0.6) is 0 Å². The molecule has 5 nitrogen and oxygen atoms in total. The van der Waals surface area contributed by atoms with Gasteiger partial charge in [0.05, 0.1) is 23.0 Å².